The van der Waals surface area contributed by atoms with Gasteiger partial charge in [-0.2, -0.15) is 0 Å². The van der Waals surface area contributed by atoms with Crippen molar-refractivity contribution in [1.29, 1.82) is 0 Å². The van der Waals surface area contributed by atoms with E-state index in [0.717, 1.165) is 29.7 Å². The molecule has 2 heterocycles. The van der Waals surface area contributed by atoms with Crippen LogP contribution in [0.5, 0.6) is 0 Å². The number of fused-ring (bicyclic) bond motifs is 3. The zero-order valence-electron chi connectivity index (χ0n) is 13.8. The molecule has 4 heteroatoms. The van der Waals surface area contributed by atoms with Crippen LogP contribution in [0.4, 0.5) is 4.79 Å². The molecule has 0 atom stereocenters. The number of aromatic nitrogens is 1. The molecule has 0 saturated carbocycles. The zero-order valence-corrected chi connectivity index (χ0v) is 13.8. The molecule has 0 fully saturated rings. The molecule has 1 aliphatic heterocycles. The number of rotatable bonds is 2. The molecule has 0 unspecified atom stereocenters. The molecular weight excluding hydrogens is 298 g/mol. The van der Waals surface area contributed by atoms with Gasteiger partial charge in [-0.25, -0.2) is 4.79 Å². The third-order valence-electron chi connectivity index (χ3n) is 4.70. The van der Waals surface area contributed by atoms with E-state index < -0.39 is 0 Å². The van der Waals surface area contributed by atoms with Gasteiger partial charge in [0.15, 0.2) is 0 Å². The molecule has 0 aliphatic carbocycles. The number of benzene rings is 2. The van der Waals surface area contributed by atoms with Crippen LogP contribution in [-0.4, -0.2) is 22.5 Å². The Morgan fingerprint density at radius 2 is 2.08 bits per heavy atom. The summed E-state index contributed by atoms with van der Waals surface area (Å²) in [6.07, 6.45) is 0.900. The summed E-state index contributed by atoms with van der Waals surface area (Å²) in [4.78, 5) is 17.8. The van der Waals surface area contributed by atoms with Crippen LogP contribution < -0.4 is 5.32 Å². The highest BCUT2D eigenvalue weighted by molar-refractivity contribution is 5.85. The van der Waals surface area contributed by atoms with Crippen molar-refractivity contribution >= 4 is 16.9 Å². The van der Waals surface area contributed by atoms with Gasteiger partial charge in [-0.05, 0) is 30.5 Å². The Bertz CT molecular complexity index is 897. The topological polar surface area (TPSA) is 48.1 Å². The number of nitrogens with one attached hydrogen (secondary N) is 2. The first-order valence-corrected chi connectivity index (χ1v) is 8.37. The van der Waals surface area contributed by atoms with Gasteiger partial charge in [-0.3, -0.25) is 0 Å². The fourth-order valence-electron chi connectivity index (χ4n) is 3.48. The predicted molar refractivity (Wildman–Crippen MR) is 95.8 cm³/mol. The van der Waals surface area contributed by atoms with Gasteiger partial charge in [0.25, 0.3) is 0 Å². The van der Waals surface area contributed by atoms with Crippen LogP contribution >= 0.6 is 0 Å². The van der Waals surface area contributed by atoms with Crippen molar-refractivity contribution in [3.8, 4) is 0 Å². The summed E-state index contributed by atoms with van der Waals surface area (Å²) < 4.78 is 0. The molecule has 1 aliphatic rings. The maximum absolute atomic E-state index is 12.5. The number of hydrogen-bond acceptors (Lipinski definition) is 1. The van der Waals surface area contributed by atoms with Gasteiger partial charge in [0, 0.05) is 29.7 Å². The average molecular weight is 319 g/mol. The summed E-state index contributed by atoms with van der Waals surface area (Å²) in [6.45, 7) is 4.03. The van der Waals surface area contributed by atoms with E-state index in [9.17, 15) is 4.79 Å². The minimum atomic E-state index is 0.000752. The van der Waals surface area contributed by atoms with Crippen molar-refractivity contribution in [2.24, 2.45) is 0 Å². The van der Waals surface area contributed by atoms with E-state index in [0.29, 0.717) is 13.1 Å². The number of aryl methyl sites for hydroxylation is 1. The van der Waals surface area contributed by atoms with E-state index in [1.54, 1.807) is 0 Å². The second kappa shape index (κ2) is 6.04. The van der Waals surface area contributed by atoms with E-state index >= 15 is 0 Å². The normalized spacial score (nSPS) is 13.8. The fraction of sp³-hybridized carbons (Fsp3) is 0.250. The Hall–Kier alpha value is -2.75. The first-order chi connectivity index (χ1) is 11.7. The van der Waals surface area contributed by atoms with Gasteiger partial charge in [-0.1, -0.05) is 48.0 Å². The minimum Gasteiger partial charge on any atom is -0.357 e. The van der Waals surface area contributed by atoms with Gasteiger partial charge in [0.2, 0.25) is 0 Å². The van der Waals surface area contributed by atoms with Crippen LogP contribution in [0.15, 0.2) is 48.5 Å². The molecule has 24 heavy (non-hydrogen) atoms. The lowest BCUT2D eigenvalue weighted by atomic mass is 10.0. The maximum atomic E-state index is 12.5. The maximum Gasteiger partial charge on any atom is 0.318 e. The zero-order chi connectivity index (χ0) is 16.5. The van der Waals surface area contributed by atoms with Crippen molar-refractivity contribution in [2.45, 2.75) is 26.4 Å². The molecular formula is C20H21N3O. The Morgan fingerprint density at radius 1 is 1.21 bits per heavy atom. The van der Waals surface area contributed by atoms with Crippen LogP contribution in [0.25, 0.3) is 10.9 Å². The Morgan fingerprint density at radius 3 is 2.96 bits per heavy atom. The SMILES string of the molecule is Cc1cccc(CNC(=O)N2CCc3c([nH]c4ccccc34)C2)c1. The van der Waals surface area contributed by atoms with Crippen LogP contribution in [0.3, 0.4) is 0 Å². The number of hydrogen-bond donors (Lipinski definition) is 2. The summed E-state index contributed by atoms with van der Waals surface area (Å²) >= 11 is 0. The third kappa shape index (κ3) is 2.75. The molecule has 0 bridgehead atoms. The van der Waals surface area contributed by atoms with Crippen LogP contribution in [0.1, 0.15) is 22.4 Å². The minimum absolute atomic E-state index is 0.000752. The number of aromatic amines is 1. The van der Waals surface area contributed by atoms with Crippen molar-refractivity contribution in [1.82, 2.24) is 15.2 Å². The molecule has 0 radical (unpaired) electrons. The van der Waals surface area contributed by atoms with E-state index in [4.69, 9.17) is 0 Å². The average Bonchev–Trinajstić information content (AvgIpc) is 2.97. The Labute approximate surface area is 141 Å². The van der Waals surface area contributed by atoms with Crippen LogP contribution in [0.2, 0.25) is 0 Å². The van der Waals surface area contributed by atoms with Gasteiger partial charge in [-0.15, -0.1) is 0 Å². The number of amides is 2. The summed E-state index contributed by atoms with van der Waals surface area (Å²) in [7, 11) is 0. The number of para-hydroxylation sites is 1. The monoisotopic (exact) mass is 319 g/mol. The van der Waals surface area contributed by atoms with E-state index in [1.165, 1.54) is 16.5 Å². The molecule has 122 valence electrons. The second-order valence-electron chi connectivity index (χ2n) is 6.45. The van der Waals surface area contributed by atoms with Crippen molar-refractivity contribution < 1.29 is 4.79 Å². The van der Waals surface area contributed by atoms with Crippen LogP contribution in [0, 0.1) is 6.92 Å². The van der Waals surface area contributed by atoms with Crippen molar-refractivity contribution in [2.75, 3.05) is 6.54 Å². The van der Waals surface area contributed by atoms with E-state index in [-0.39, 0.29) is 6.03 Å². The third-order valence-corrected chi connectivity index (χ3v) is 4.70. The molecule has 1 aromatic heterocycles. The van der Waals surface area contributed by atoms with Gasteiger partial charge >= 0.3 is 6.03 Å². The number of nitrogens with zero attached hydrogens (tertiary/aromatic N) is 1. The Balaban J connectivity index is 1.45. The summed E-state index contributed by atoms with van der Waals surface area (Å²) in [5.41, 5.74) is 6.01. The number of urea groups is 1. The quantitative estimate of drug-likeness (QED) is 0.742. The standard InChI is InChI=1S/C20H21N3O/c1-14-5-4-6-15(11-14)12-21-20(24)23-10-9-17-16-7-2-3-8-18(16)22-19(17)13-23/h2-8,11,22H,9-10,12-13H2,1H3,(H,21,24). The summed E-state index contributed by atoms with van der Waals surface area (Å²) in [6, 6.07) is 16.6. The molecule has 4 rings (SSSR count). The van der Waals surface area contributed by atoms with E-state index in [2.05, 4.69) is 47.6 Å². The smallest absolute Gasteiger partial charge is 0.318 e. The highest BCUT2D eigenvalue weighted by atomic mass is 16.2. The summed E-state index contributed by atoms with van der Waals surface area (Å²) in [5.74, 6) is 0. The second-order valence-corrected chi connectivity index (χ2v) is 6.45. The molecule has 2 N–H and O–H groups in total. The fourth-order valence-corrected chi connectivity index (χ4v) is 3.48. The summed E-state index contributed by atoms with van der Waals surface area (Å²) in [5, 5.41) is 4.32. The molecule has 3 aromatic rings. The lowest BCUT2D eigenvalue weighted by Crippen LogP contribution is -2.42. The lowest BCUT2D eigenvalue weighted by Gasteiger charge is -2.27. The molecule has 4 nitrogen and oxygen atoms in total. The first-order valence-electron chi connectivity index (χ1n) is 8.37. The van der Waals surface area contributed by atoms with Crippen molar-refractivity contribution in [3.63, 3.8) is 0 Å². The van der Waals surface area contributed by atoms with Crippen LogP contribution in [-0.2, 0) is 19.5 Å². The van der Waals surface area contributed by atoms with Gasteiger partial charge in [0.05, 0.1) is 6.54 Å². The number of H-pyrrole nitrogens is 1. The van der Waals surface area contributed by atoms with E-state index in [1.807, 2.05) is 23.1 Å². The molecule has 2 aromatic carbocycles. The molecule has 0 spiro atoms. The number of carbonyl (C=O) groups excluding carboxylic acids is 1. The lowest BCUT2D eigenvalue weighted by molar-refractivity contribution is 0.191. The Kier molecular flexibility index (Phi) is 3.73. The van der Waals surface area contributed by atoms with Crippen molar-refractivity contribution in [3.05, 3.63) is 70.9 Å². The van der Waals surface area contributed by atoms with Gasteiger partial charge in [0.1, 0.15) is 0 Å². The highest BCUT2D eigenvalue weighted by Crippen LogP contribution is 2.27. The predicted octanol–water partition coefficient (Wildman–Crippen LogP) is 3.74. The first kappa shape index (κ1) is 14.8. The van der Waals surface area contributed by atoms with Gasteiger partial charge < -0.3 is 15.2 Å². The molecule has 2 amide bonds. The largest absolute Gasteiger partial charge is 0.357 e. The number of carbonyl (C=O) groups is 1. The highest BCUT2D eigenvalue weighted by Gasteiger charge is 2.23. The molecule has 0 saturated heterocycles.